The number of aryl methyl sites for hydroxylation is 1. The normalized spacial score (nSPS) is 12.4. The third kappa shape index (κ3) is 4.68. The maximum absolute atomic E-state index is 13.4. The highest BCUT2D eigenvalue weighted by Crippen LogP contribution is 2.31. The number of halogens is 1. The van der Waals surface area contributed by atoms with Crippen molar-refractivity contribution in [1.82, 2.24) is 24.8 Å². The van der Waals surface area contributed by atoms with Crippen molar-refractivity contribution in [2.75, 3.05) is 12.3 Å². The van der Waals surface area contributed by atoms with E-state index in [1.165, 1.54) is 12.1 Å². The van der Waals surface area contributed by atoms with Crippen LogP contribution in [-0.2, 0) is 6.54 Å². The molecule has 10 nitrogen and oxygen atoms in total. The van der Waals surface area contributed by atoms with E-state index in [0.717, 1.165) is 0 Å². The van der Waals surface area contributed by atoms with Gasteiger partial charge in [-0.25, -0.2) is 19.0 Å². The maximum atomic E-state index is 13.4. The van der Waals surface area contributed by atoms with E-state index >= 15 is 0 Å². The third-order valence-corrected chi connectivity index (χ3v) is 4.96. The fourth-order valence-electron chi connectivity index (χ4n) is 3.38. The largest absolute Gasteiger partial charge is 0.468 e. The SMILES string of the molecule is CCn1c(-c2nonc2N)nc2c(C#CC(C)(C)O)nc(OC(CN)c3ccc(F)cc3)cc21. The Bertz CT molecular complexity index is 1380. The van der Waals surface area contributed by atoms with Crippen LogP contribution in [0.1, 0.15) is 38.1 Å². The van der Waals surface area contributed by atoms with E-state index in [2.05, 4.69) is 32.1 Å². The molecule has 0 saturated carbocycles. The number of nitrogen functional groups attached to an aromatic ring is 1. The van der Waals surface area contributed by atoms with Crippen molar-refractivity contribution in [2.45, 2.75) is 39.0 Å². The number of aromatic nitrogens is 5. The van der Waals surface area contributed by atoms with Gasteiger partial charge in [-0.05, 0) is 54.7 Å². The Hall–Kier alpha value is -4.01. The van der Waals surface area contributed by atoms with Crippen molar-refractivity contribution in [3.8, 4) is 29.2 Å². The average molecular weight is 465 g/mol. The summed E-state index contributed by atoms with van der Waals surface area (Å²) in [6.45, 7) is 5.70. The summed E-state index contributed by atoms with van der Waals surface area (Å²) in [6, 6.07) is 7.60. The van der Waals surface area contributed by atoms with Gasteiger partial charge >= 0.3 is 0 Å². The molecule has 0 spiro atoms. The summed E-state index contributed by atoms with van der Waals surface area (Å²) in [5.41, 5.74) is 13.0. The number of nitrogens with two attached hydrogens (primary N) is 2. The number of pyridine rings is 1. The third-order valence-electron chi connectivity index (χ3n) is 4.96. The number of ether oxygens (including phenoxy) is 1. The Kier molecular flexibility index (Phi) is 6.19. The van der Waals surface area contributed by atoms with Crippen LogP contribution >= 0.6 is 0 Å². The van der Waals surface area contributed by atoms with E-state index in [-0.39, 0.29) is 35.4 Å². The first-order valence-corrected chi connectivity index (χ1v) is 10.6. The van der Waals surface area contributed by atoms with Crippen molar-refractivity contribution >= 4 is 16.9 Å². The minimum absolute atomic E-state index is 0.0954. The lowest BCUT2D eigenvalue weighted by Gasteiger charge is -2.17. The minimum atomic E-state index is -1.25. The molecule has 0 aliphatic rings. The number of fused-ring (bicyclic) bond motifs is 1. The molecule has 0 radical (unpaired) electrons. The summed E-state index contributed by atoms with van der Waals surface area (Å²) < 4.78 is 26.1. The van der Waals surface area contributed by atoms with Gasteiger partial charge in [-0.2, -0.15) is 0 Å². The van der Waals surface area contributed by atoms with Gasteiger partial charge in [-0.15, -0.1) is 0 Å². The molecule has 34 heavy (non-hydrogen) atoms. The van der Waals surface area contributed by atoms with Crippen molar-refractivity contribution in [1.29, 1.82) is 0 Å². The Morgan fingerprint density at radius 1 is 1.24 bits per heavy atom. The van der Waals surface area contributed by atoms with Gasteiger partial charge in [0.05, 0.1) is 5.52 Å². The molecular weight excluding hydrogens is 441 g/mol. The van der Waals surface area contributed by atoms with Crippen LogP contribution in [0.3, 0.4) is 0 Å². The van der Waals surface area contributed by atoms with Crippen LogP contribution in [0.15, 0.2) is 35.0 Å². The fourth-order valence-corrected chi connectivity index (χ4v) is 3.38. The molecule has 4 rings (SSSR count). The molecule has 3 aromatic heterocycles. The van der Waals surface area contributed by atoms with Crippen LogP contribution in [-0.4, -0.2) is 42.1 Å². The van der Waals surface area contributed by atoms with Crippen LogP contribution in [0.2, 0.25) is 0 Å². The molecular formula is C23H24FN7O3. The van der Waals surface area contributed by atoms with Gasteiger partial charge in [0.25, 0.3) is 0 Å². The van der Waals surface area contributed by atoms with Gasteiger partial charge in [-0.1, -0.05) is 18.1 Å². The number of anilines is 1. The molecule has 11 heteroatoms. The Morgan fingerprint density at radius 3 is 2.56 bits per heavy atom. The number of benzene rings is 1. The molecule has 0 aliphatic carbocycles. The number of rotatable bonds is 6. The van der Waals surface area contributed by atoms with Crippen molar-refractivity contribution in [3.05, 3.63) is 47.4 Å². The highest BCUT2D eigenvalue weighted by Gasteiger charge is 2.22. The molecule has 5 N–H and O–H groups in total. The van der Waals surface area contributed by atoms with Crippen LogP contribution in [0.25, 0.3) is 22.6 Å². The second-order valence-corrected chi connectivity index (χ2v) is 8.06. The van der Waals surface area contributed by atoms with Gasteiger partial charge in [0.15, 0.2) is 17.3 Å². The van der Waals surface area contributed by atoms with Gasteiger partial charge < -0.3 is 25.9 Å². The number of imidazole rings is 1. The second kappa shape index (κ2) is 9.09. The topological polar surface area (TPSA) is 151 Å². The summed E-state index contributed by atoms with van der Waals surface area (Å²) in [5.74, 6) is 6.05. The Morgan fingerprint density at radius 2 is 1.97 bits per heavy atom. The number of nitrogens with zero attached hydrogens (tertiary/aromatic N) is 5. The van der Waals surface area contributed by atoms with Gasteiger partial charge in [0.2, 0.25) is 5.88 Å². The van der Waals surface area contributed by atoms with Crippen molar-refractivity contribution < 1.29 is 18.9 Å². The first-order valence-electron chi connectivity index (χ1n) is 10.6. The van der Waals surface area contributed by atoms with Crippen LogP contribution in [0.5, 0.6) is 5.88 Å². The van der Waals surface area contributed by atoms with E-state index < -0.39 is 11.7 Å². The Labute approximate surface area is 194 Å². The molecule has 0 amide bonds. The van der Waals surface area contributed by atoms with E-state index in [0.29, 0.717) is 29.0 Å². The lowest BCUT2D eigenvalue weighted by atomic mass is 10.1. The molecule has 1 atom stereocenters. The number of hydrogen-bond acceptors (Lipinski definition) is 9. The molecule has 0 fully saturated rings. The lowest BCUT2D eigenvalue weighted by molar-refractivity contribution is 0.143. The molecule has 0 saturated heterocycles. The molecule has 0 bridgehead atoms. The zero-order valence-electron chi connectivity index (χ0n) is 18.9. The zero-order chi connectivity index (χ0) is 24.5. The Balaban J connectivity index is 1.88. The zero-order valence-corrected chi connectivity index (χ0v) is 18.9. The number of hydrogen-bond donors (Lipinski definition) is 3. The molecule has 3 heterocycles. The van der Waals surface area contributed by atoms with Gasteiger partial charge in [-0.3, -0.25) is 0 Å². The summed E-state index contributed by atoms with van der Waals surface area (Å²) >= 11 is 0. The van der Waals surface area contributed by atoms with E-state index in [1.54, 1.807) is 32.0 Å². The van der Waals surface area contributed by atoms with Crippen LogP contribution in [0.4, 0.5) is 10.2 Å². The predicted octanol–water partition coefficient (Wildman–Crippen LogP) is 2.42. The highest BCUT2D eigenvalue weighted by molar-refractivity contribution is 5.86. The summed E-state index contributed by atoms with van der Waals surface area (Å²) in [4.78, 5) is 9.17. The minimum Gasteiger partial charge on any atom is -0.468 e. The second-order valence-electron chi connectivity index (χ2n) is 8.06. The van der Waals surface area contributed by atoms with Crippen LogP contribution < -0.4 is 16.2 Å². The maximum Gasteiger partial charge on any atom is 0.217 e. The number of aliphatic hydroxyl groups is 1. The summed E-state index contributed by atoms with van der Waals surface area (Å²) in [6.07, 6.45) is -0.575. The smallest absolute Gasteiger partial charge is 0.217 e. The molecule has 4 aromatic rings. The first-order chi connectivity index (χ1) is 16.2. The van der Waals surface area contributed by atoms with Crippen molar-refractivity contribution in [2.24, 2.45) is 5.73 Å². The van der Waals surface area contributed by atoms with Gasteiger partial charge in [0, 0.05) is 19.2 Å². The standard InChI is InChI=1S/C23H24FN7O3/c1-4-31-16-11-18(33-17(12-25)13-5-7-14(24)8-6-13)27-15(9-10-23(2,3)32)19(16)28-22(31)20-21(26)30-34-29-20/h5-8,11,17,32H,4,12,25H2,1-3H3,(H2,26,30). The molecule has 1 unspecified atom stereocenters. The molecule has 0 aliphatic heterocycles. The van der Waals surface area contributed by atoms with Gasteiger partial charge in [0.1, 0.15) is 28.7 Å². The van der Waals surface area contributed by atoms with E-state index in [9.17, 15) is 9.50 Å². The summed E-state index contributed by atoms with van der Waals surface area (Å²) in [7, 11) is 0. The van der Waals surface area contributed by atoms with E-state index in [4.69, 9.17) is 20.8 Å². The highest BCUT2D eigenvalue weighted by atomic mass is 19.1. The first kappa shape index (κ1) is 23.2. The van der Waals surface area contributed by atoms with Crippen LogP contribution in [0, 0.1) is 17.7 Å². The van der Waals surface area contributed by atoms with Crippen molar-refractivity contribution in [3.63, 3.8) is 0 Å². The predicted molar refractivity (Wildman–Crippen MR) is 123 cm³/mol. The van der Waals surface area contributed by atoms with E-state index in [1.807, 2.05) is 11.5 Å². The average Bonchev–Trinajstić information content (AvgIpc) is 3.38. The monoisotopic (exact) mass is 465 g/mol. The lowest BCUT2D eigenvalue weighted by Crippen LogP contribution is -2.19. The quantitative estimate of drug-likeness (QED) is 0.365. The fraction of sp³-hybridized carbons (Fsp3) is 0.304. The summed E-state index contributed by atoms with van der Waals surface area (Å²) in [5, 5.41) is 17.6. The molecule has 1 aromatic carbocycles. The molecule has 176 valence electrons.